The topological polar surface area (TPSA) is 419 Å². The molecule has 0 heterocycles. The molecule has 0 radical (unpaired) electrons. The zero-order valence-corrected chi connectivity index (χ0v) is 78.5. The van der Waals surface area contributed by atoms with Gasteiger partial charge in [-0.2, -0.15) is 14.0 Å². The first-order valence-electron chi connectivity index (χ1n) is 43.8. The minimum Gasteiger partial charge on any atom is -0.508 e. The number of esters is 2. The standard InChI is InChI=1S/C23H29NO5.C22H27NO5.C22H29NO4.C17H10F5NO3.2C10H15NO2.6CH4/c1-23(2,3)29-22(26)24-19(15-21(25)27-4)14-17-10-12-20(13-11-17)28-16-18-8-6-5-7-9-18;1-22(2,3)28-21(26)23-18(14-20(24)25)13-16-9-11-19(12-10-16)27-15-17-7-5-4-6-8-17;1-22(2,3)27-21(25)23-19(13-14-24)15-17-9-11-20(12-10-17)26-16-18-7-5-4-6-8-18;1-7(2)25-10-4-3-8(5-9(10)6-23)17(24)26-16-14(21)12(19)11(18)13(20)15(16)22;2*11-9(5-6-12)7-8-1-3-10(13)4-2-8;;;;;;/h5-13,19H,14-16H2,1-4H3,(H,24,26);4-12,18H,13-15H2,1-3H3,(H,23,26)(H,24,25);4-12,19,24H,13-16H2,1-3H3,(H,23,25);3-5,7H,1-2H3;2*1-4,9,12-13H,5-7,11H2;6*1H4/t19-;18-;19-;;2*9-;;;;;;/m001.11....../s1. The molecule has 0 saturated carbocycles. The lowest BCUT2D eigenvalue weighted by molar-refractivity contribution is -0.141. The van der Waals surface area contributed by atoms with Gasteiger partial charge in [0.15, 0.2) is 0 Å². The number of carbonyl (C=O) groups excluding carboxylic acids is 5. The first-order chi connectivity index (χ1) is 64.4. The van der Waals surface area contributed by atoms with Crippen molar-refractivity contribution in [2.75, 3.05) is 26.9 Å². The maximum atomic E-state index is 13.6. The Morgan fingerprint density at radius 3 is 1.01 bits per heavy atom. The number of aliphatic hydroxyl groups excluding tert-OH is 3. The highest BCUT2D eigenvalue weighted by Crippen LogP contribution is 2.32. The minimum atomic E-state index is -2.37. The molecule has 0 aliphatic heterocycles. The van der Waals surface area contributed by atoms with Crippen LogP contribution >= 0.6 is 0 Å². The number of rotatable bonds is 36. The van der Waals surface area contributed by atoms with Gasteiger partial charge in [-0.05, 0) is 251 Å². The fraction of sp³-hybridized carbons (Fsp3) is 0.391. The number of carbonyl (C=O) groups is 6. The fourth-order valence-electron chi connectivity index (χ4n) is 12.2. The summed E-state index contributed by atoms with van der Waals surface area (Å²) in [5, 5.41) is 71.0. The summed E-state index contributed by atoms with van der Waals surface area (Å²) < 4.78 is 114. The summed E-state index contributed by atoms with van der Waals surface area (Å²) in [6.45, 7) is 21.2. The Bertz CT molecular complexity index is 5220. The van der Waals surface area contributed by atoms with E-state index in [9.17, 15) is 55.8 Å². The normalized spacial score (nSPS) is 11.5. The zero-order valence-electron chi connectivity index (χ0n) is 78.5. The van der Waals surface area contributed by atoms with Crippen LogP contribution in [0.4, 0.5) is 36.3 Å². The Morgan fingerprint density at radius 1 is 0.401 bits per heavy atom. The highest BCUT2D eigenvalue weighted by molar-refractivity contribution is 5.92. The van der Waals surface area contributed by atoms with Crippen LogP contribution < -0.4 is 51.1 Å². The molecule has 0 saturated heterocycles. The van der Waals surface area contributed by atoms with Crippen molar-refractivity contribution in [3.8, 4) is 46.3 Å². The van der Waals surface area contributed by atoms with E-state index in [4.69, 9.17) is 80.2 Å². The van der Waals surface area contributed by atoms with Crippen molar-refractivity contribution in [2.45, 2.75) is 258 Å². The molecule has 5 atom stereocenters. The lowest BCUT2D eigenvalue weighted by atomic mass is 10.0. The molecule has 10 aromatic carbocycles. The lowest BCUT2D eigenvalue weighted by Gasteiger charge is -2.23. The number of aromatic hydroxyl groups is 2. The van der Waals surface area contributed by atoms with Crippen LogP contribution in [0.25, 0.3) is 0 Å². The van der Waals surface area contributed by atoms with Crippen molar-refractivity contribution in [1.29, 1.82) is 5.26 Å². The zero-order chi connectivity index (χ0) is 101. The molecular formula is C110H149F5N6O21. The van der Waals surface area contributed by atoms with Gasteiger partial charge in [0.05, 0.1) is 37.2 Å². The molecule has 0 aromatic heterocycles. The van der Waals surface area contributed by atoms with E-state index >= 15 is 0 Å². The molecule has 0 aliphatic carbocycles. The first kappa shape index (κ1) is 130. The lowest BCUT2D eigenvalue weighted by Crippen LogP contribution is -2.41. The Hall–Kier alpha value is -13.8. The van der Waals surface area contributed by atoms with Crippen LogP contribution in [0.3, 0.4) is 0 Å². The average molecular weight is 1990 g/mol. The van der Waals surface area contributed by atoms with Crippen LogP contribution in [-0.4, -0.2) is 147 Å². The summed E-state index contributed by atoms with van der Waals surface area (Å²) >= 11 is 0. The molecule has 780 valence electrons. The SMILES string of the molecule is C.C.C.C.C.C.CC(C)(C)OC(=O)N[C@H](CC(=O)O)Cc1ccc(OCc2ccccc2)cc1.CC(C)(C)OC(=O)N[C@H](CCO)Cc1ccc(OCc2ccccc2)cc1.CC(C)Oc1ccc(C(=O)Oc2c(F)c(F)c(F)c(F)c2F)cc1C#N.COC(=O)C[C@H](Cc1ccc(OCc2ccccc2)cc1)NC(=O)OC(C)(C)C.N[C@H](CCO)Cc1ccc(O)cc1.N[C@H](CCO)Cc1ccc(O)cc1. The van der Waals surface area contributed by atoms with E-state index in [1.54, 1.807) is 85.7 Å². The third-order valence-corrected chi connectivity index (χ3v) is 18.6. The first-order valence-corrected chi connectivity index (χ1v) is 43.8. The van der Waals surface area contributed by atoms with E-state index in [2.05, 4.69) is 20.7 Å². The van der Waals surface area contributed by atoms with Gasteiger partial charge in [0.1, 0.15) is 77.2 Å². The number of nitriles is 1. The van der Waals surface area contributed by atoms with E-state index in [-0.39, 0.29) is 130 Å². The van der Waals surface area contributed by atoms with Crippen LogP contribution in [-0.2, 0) is 80.5 Å². The predicted molar refractivity (Wildman–Crippen MR) is 544 cm³/mol. The van der Waals surface area contributed by atoms with Crippen molar-refractivity contribution >= 4 is 36.2 Å². The van der Waals surface area contributed by atoms with E-state index in [1.807, 2.05) is 209 Å². The van der Waals surface area contributed by atoms with Crippen LogP contribution in [0.15, 0.2) is 231 Å². The summed E-state index contributed by atoms with van der Waals surface area (Å²) in [6.07, 6.45) is 2.56. The van der Waals surface area contributed by atoms with Gasteiger partial charge in [-0.1, -0.05) is 196 Å². The molecule has 0 unspecified atom stereocenters. The quantitative estimate of drug-likeness (QED) is 0.00434. The maximum Gasteiger partial charge on any atom is 0.407 e. The van der Waals surface area contributed by atoms with Gasteiger partial charge in [-0.3, -0.25) is 9.59 Å². The number of nitrogens with two attached hydrogens (primary N) is 2. The third-order valence-electron chi connectivity index (χ3n) is 18.6. The summed E-state index contributed by atoms with van der Waals surface area (Å²) in [5.41, 5.74) is 17.6. The number of aliphatic hydroxyl groups is 3. The monoisotopic (exact) mass is 1990 g/mol. The molecule has 0 fully saturated rings. The van der Waals surface area contributed by atoms with Crippen LogP contribution in [0.5, 0.6) is 40.2 Å². The second kappa shape index (κ2) is 67.5. The van der Waals surface area contributed by atoms with E-state index in [0.717, 1.165) is 86.7 Å². The van der Waals surface area contributed by atoms with Crippen molar-refractivity contribution in [1.82, 2.24) is 16.0 Å². The number of hydrogen-bond donors (Lipinski definition) is 11. The fourth-order valence-corrected chi connectivity index (χ4v) is 12.2. The van der Waals surface area contributed by atoms with Gasteiger partial charge < -0.3 is 101 Å². The number of halogens is 5. The van der Waals surface area contributed by atoms with Gasteiger partial charge in [0.2, 0.25) is 34.8 Å². The molecule has 0 aliphatic rings. The molecular weight excluding hydrogens is 1840 g/mol. The van der Waals surface area contributed by atoms with Gasteiger partial charge in [-0.15, -0.1) is 0 Å². The molecule has 32 heteroatoms. The third kappa shape index (κ3) is 53.5. The van der Waals surface area contributed by atoms with Gasteiger partial charge in [-0.25, -0.2) is 32.3 Å². The van der Waals surface area contributed by atoms with Crippen molar-refractivity contribution in [2.24, 2.45) is 11.5 Å². The second-order valence-corrected chi connectivity index (χ2v) is 34.4. The smallest absolute Gasteiger partial charge is 0.407 e. The predicted octanol–water partition coefficient (Wildman–Crippen LogP) is 21.9. The number of alkyl carbamates (subject to hydrolysis) is 3. The molecule has 13 N–H and O–H groups in total. The molecule has 27 nitrogen and oxygen atoms in total. The summed E-state index contributed by atoms with van der Waals surface area (Å²) in [4.78, 5) is 70.9. The van der Waals surface area contributed by atoms with Crippen LogP contribution in [0, 0.1) is 40.4 Å². The van der Waals surface area contributed by atoms with Gasteiger partial charge in [0, 0.05) is 50.0 Å². The summed E-state index contributed by atoms with van der Waals surface area (Å²) in [5.74, 6) is -13.0. The minimum absolute atomic E-state index is 0. The van der Waals surface area contributed by atoms with E-state index in [0.29, 0.717) is 58.3 Å². The number of hydrogen-bond acceptors (Lipinski definition) is 23. The number of methoxy groups -OCH3 is 1. The summed E-state index contributed by atoms with van der Waals surface area (Å²) in [7, 11) is 1.33. The Morgan fingerprint density at radius 2 is 0.704 bits per heavy atom. The number of phenols is 2. The Labute approximate surface area is 835 Å². The second-order valence-electron chi connectivity index (χ2n) is 34.4. The van der Waals surface area contributed by atoms with Gasteiger partial charge >= 0.3 is 36.2 Å². The van der Waals surface area contributed by atoms with Crippen molar-refractivity contribution in [3.63, 3.8) is 0 Å². The Balaban J connectivity index is 0. The number of carboxylic acid groups (broad SMARTS) is 1. The molecule has 0 bridgehead atoms. The number of ether oxygens (including phenoxy) is 9. The number of nitrogens with zero attached hydrogens (tertiary/aromatic N) is 1. The van der Waals surface area contributed by atoms with Crippen LogP contribution in [0.2, 0.25) is 0 Å². The molecule has 3 amide bonds. The maximum absolute atomic E-state index is 13.6. The number of carboxylic acids is 1. The van der Waals surface area contributed by atoms with E-state index < -0.39 is 99.9 Å². The number of amides is 3. The molecule has 10 aromatic rings. The Kier molecular flexibility index (Phi) is 61.9. The number of nitrogens with one attached hydrogen (secondary N) is 3. The highest BCUT2D eigenvalue weighted by atomic mass is 19.2. The van der Waals surface area contributed by atoms with Crippen molar-refractivity contribution < 1.29 is 124 Å². The largest absolute Gasteiger partial charge is 0.508 e. The van der Waals surface area contributed by atoms with Crippen molar-refractivity contribution in [3.05, 3.63) is 315 Å². The molecule has 10 rings (SSSR count). The number of benzene rings is 10. The molecule has 142 heavy (non-hydrogen) atoms. The van der Waals surface area contributed by atoms with E-state index in [1.165, 1.54) is 13.2 Å². The van der Waals surface area contributed by atoms with Gasteiger partial charge in [0.25, 0.3) is 0 Å². The summed E-state index contributed by atoms with van der Waals surface area (Å²) in [6, 6.07) is 70.4. The highest BCUT2D eigenvalue weighted by Gasteiger charge is 2.31. The number of aliphatic carboxylic acids is 1. The number of phenolic OH excluding ortho intramolecular Hbond substituents is 2. The average Bonchev–Trinajstić information content (AvgIpc) is 0.788. The van der Waals surface area contributed by atoms with Crippen LogP contribution in [0.1, 0.15) is 213 Å². The molecule has 0 spiro atoms.